The van der Waals surface area contributed by atoms with Gasteiger partial charge in [0.25, 0.3) is 5.56 Å². The molecular formula is C24H28N4O4. The van der Waals surface area contributed by atoms with Crippen LogP contribution in [0.4, 0.5) is 0 Å². The van der Waals surface area contributed by atoms with Crippen LogP contribution in [0.25, 0.3) is 0 Å². The summed E-state index contributed by atoms with van der Waals surface area (Å²) in [5, 5.41) is 9.85. The molecule has 0 saturated carbocycles. The summed E-state index contributed by atoms with van der Waals surface area (Å²) in [6.07, 6.45) is 0.836. The van der Waals surface area contributed by atoms with Gasteiger partial charge in [-0.3, -0.25) is 9.69 Å². The van der Waals surface area contributed by atoms with E-state index in [0.29, 0.717) is 29.2 Å². The van der Waals surface area contributed by atoms with Crippen LogP contribution in [0.3, 0.4) is 0 Å². The van der Waals surface area contributed by atoms with Crippen molar-refractivity contribution >= 4 is 0 Å². The molecule has 3 heterocycles. The molecule has 1 atom stereocenters. The van der Waals surface area contributed by atoms with Crippen LogP contribution in [0, 0.1) is 18.3 Å². The number of aromatic nitrogens is 1. The van der Waals surface area contributed by atoms with E-state index in [1.807, 2.05) is 37.3 Å². The van der Waals surface area contributed by atoms with Crippen molar-refractivity contribution in [1.82, 2.24) is 9.47 Å². The van der Waals surface area contributed by atoms with E-state index >= 15 is 0 Å². The molecule has 2 aromatic rings. The molecule has 8 nitrogen and oxygen atoms in total. The zero-order chi connectivity index (χ0) is 22.7. The first-order valence-electron chi connectivity index (χ1n) is 10.8. The van der Waals surface area contributed by atoms with Crippen molar-refractivity contribution in [2.45, 2.75) is 25.8 Å². The molecular weight excluding hydrogens is 408 g/mol. The molecule has 1 fully saturated rings. The predicted octanol–water partition coefficient (Wildman–Crippen LogP) is 2.11. The Bertz CT molecular complexity index is 1130. The number of methoxy groups -OCH3 is 1. The van der Waals surface area contributed by atoms with Gasteiger partial charge in [-0.25, -0.2) is 0 Å². The van der Waals surface area contributed by atoms with Crippen molar-refractivity contribution in [3.05, 3.63) is 69.0 Å². The molecule has 1 aromatic carbocycles. The van der Waals surface area contributed by atoms with Crippen LogP contribution in [0.5, 0.6) is 11.5 Å². The second kappa shape index (κ2) is 9.47. The Balaban J connectivity index is 1.73. The number of rotatable bonds is 6. The molecule has 8 heteroatoms. The molecule has 1 aromatic heterocycles. The molecule has 0 unspecified atom stereocenters. The van der Waals surface area contributed by atoms with E-state index in [9.17, 15) is 10.1 Å². The van der Waals surface area contributed by atoms with Gasteiger partial charge in [0.1, 0.15) is 23.1 Å². The number of hydrogen-bond donors (Lipinski definition) is 1. The molecule has 0 aliphatic carbocycles. The predicted molar refractivity (Wildman–Crippen MR) is 120 cm³/mol. The van der Waals surface area contributed by atoms with Crippen molar-refractivity contribution in [3.63, 3.8) is 0 Å². The van der Waals surface area contributed by atoms with Gasteiger partial charge in [-0.1, -0.05) is 18.2 Å². The van der Waals surface area contributed by atoms with Gasteiger partial charge in [0, 0.05) is 43.5 Å². The smallest absolute Gasteiger partial charge is 0.258 e. The van der Waals surface area contributed by atoms with Gasteiger partial charge in [-0.15, -0.1) is 0 Å². The maximum absolute atomic E-state index is 13.7. The van der Waals surface area contributed by atoms with Crippen molar-refractivity contribution in [2.24, 2.45) is 5.73 Å². The van der Waals surface area contributed by atoms with Gasteiger partial charge in [-0.05, 0) is 19.4 Å². The molecule has 0 bridgehead atoms. The van der Waals surface area contributed by atoms with Gasteiger partial charge in [0.2, 0.25) is 5.88 Å². The summed E-state index contributed by atoms with van der Waals surface area (Å²) in [6, 6.07) is 11.3. The number of hydrogen-bond acceptors (Lipinski definition) is 7. The Morgan fingerprint density at radius 2 is 2.00 bits per heavy atom. The average Bonchev–Trinajstić information content (AvgIpc) is 2.81. The van der Waals surface area contributed by atoms with Crippen LogP contribution in [0.1, 0.15) is 29.2 Å². The number of benzene rings is 1. The zero-order valence-corrected chi connectivity index (χ0v) is 18.5. The first kappa shape index (κ1) is 21.9. The van der Waals surface area contributed by atoms with Crippen LogP contribution < -0.4 is 20.8 Å². The molecule has 2 N–H and O–H groups in total. The van der Waals surface area contributed by atoms with E-state index < -0.39 is 5.92 Å². The molecule has 168 valence electrons. The first-order chi connectivity index (χ1) is 15.5. The summed E-state index contributed by atoms with van der Waals surface area (Å²) in [4.78, 5) is 16.1. The summed E-state index contributed by atoms with van der Waals surface area (Å²) in [6.45, 7) is 6.69. The highest BCUT2D eigenvalue weighted by atomic mass is 16.5. The second-order valence-corrected chi connectivity index (χ2v) is 7.99. The second-order valence-electron chi connectivity index (χ2n) is 7.99. The van der Waals surface area contributed by atoms with E-state index in [-0.39, 0.29) is 17.0 Å². The summed E-state index contributed by atoms with van der Waals surface area (Å²) < 4.78 is 18.4. The maximum atomic E-state index is 13.7. The number of allylic oxidation sites excluding steroid dienone is 1. The first-order valence-corrected chi connectivity index (χ1v) is 10.8. The number of nitriles is 1. The topological polar surface area (TPSA) is 103 Å². The SMILES string of the molecule is COc1ccccc1[C@@H]1C(C#N)=C(N)Oc2cc(C)n(CCCN3CCOCC3)c(=O)c21. The van der Waals surface area contributed by atoms with Gasteiger partial charge in [0.05, 0.1) is 31.8 Å². The van der Waals surface area contributed by atoms with Crippen molar-refractivity contribution in [2.75, 3.05) is 40.0 Å². The van der Waals surface area contributed by atoms with Crippen LogP contribution in [0.2, 0.25) is 0 Å². The Kier molecular flexibility index (Phi) is 6.49. The Labute approximate surface area is 187 Å². The Hall–Kier alpha value is -3.28. The highest BCUT2D eigenvalue weighted by Crippen LogP contribution is 2.43. The number of ether oxygens (including phenoxy) is 3. The molecule has 4 rings (SSSR count). The molecule has 32 heavy (non-hydrogen) atoms. The Morgan fingerprint density at radius 3 is 2.72 bits per heavy atom. The molecule has 2 aliphatic rings. The van der Waals surface area contributed by atoms with Crippen molar-refractivity contribution in [3.8, 4) is 17.6 Å². The lowest BCUT2D eigenvalue weighted by molar-refractivity contribution is 0.0369. The fourth-order valence-corrected chi connectivity index (χ4v) is 4.46. The zero-order valence-electron chi connectivity index (χ0n) is 18.5. The number of nitrogens with two attached hydrogens (primary N) is 1. The maximum Gasteiger partial charge on any atom is 0.258 e. The minimum atomic E-state index is -0.654. The third kappa shape index (κ3) is 4.09. The van der Waals surface area contributed by atoms with Gasteiger partial charge < -0.3 is 24.5 Å². The van der Waals surface area contributed by atoms with Gasteiger partial charge >= 0.3 is 0 Å². The van der Waals surface area contributed by atoms with Crippen LogP contribution >= 0.6 is 0 Å². The summed E-state index contributed by atoms with van der Waals surface area (Å²) in [5.74, 6) is 0.340. The fourth-order valence-electron chi connectivity index (χ4n) is 4.46. The highest BCUT2D eigenvalue weighted by Gasteiger charge is 2.35. The van der Waals surface area contributed by atoms with Crippen LogP contribution in [-0.4, -0.2) is 49.4 Å². The number of fused-ring (bicyclic) bond motifs is 1. The number of nitrogens with zero attached hydrogens (tertiary/aromatic N) is 3. The molecule has 1 saturated heterocycles. The normalized spacial score (nSPS) is 18.6. The number of pyridine rings is 1. The standard InChI is InChI=1S/C24H28N4O4/c1-16-14-20-22(24(29)28(16)9-5-8-27-10-12-31-13-11-27)21(18(15-25)23(26)32-20)17-6-3-4-7-19(17)30-2/h3-4,6-7,14,21H,5,8-13,26H2,1-2H3/t21-/m1/s1. The van der Waals surface area contributed by atoms with Gasteiger partial charge in [0.15, 0.2) is 0 Å². The lowest BCUT2D eigenvalue weighted by atomic mass is 9.83. The minimum Gasteiger partial charge on any atom is -0.496 e. The van der Waals surface area contributed by atoms with E-state index in [4.69, 9.17) is 19.9 Å². The van der Waals surface area contributed by atoms with Crippen LogP contribution in [-0.2, 0) is 11.3 Å². The lowest BCUT2D eigenvalue weighted by Crippen LogP contribution is -2.38. The number of aryl methyl sites for hydroxylation is 1. The Morgan fingerprint density at radius 1 is 1.25 bits per heavy atom. The van der Waals surface area contributed by atoms with Crippen molar-refractivity contribution < 1.29 is 14.2 Å². The number of morpholine rings is 1. The third-order valence-electron chi connectivity index (χ3n) is 6.10. The molecule has 0 spiro atoms. The molecule has 0 radical (unpaired) electrons. The number of para-hydroxylation sites is 1. The van der Waals surface area contributed by atoms with E-state index in [1.165, 1.54) is 0 Å². The van der Waals surface area contributed by atoms with E-state index in [1.54, 1.807) is 11.7 Å². The van der Waals surface area contributed by atoms with Crippen LogP contribution in [0.15, 0.2) is 46.6 Å². The summed E-state index contributed by atoms with van der Waals surface area (Å²) in [5.41, 5.74) is 8.05. The lowest BCUT2D eigenvalue weighted by Gasteiger charge is -2.29. The van der Waals surface area contributed by atoms with E-state index in [0.717, 1.165) is 45.0 Å². The average molecular weight is 437 g/mol. The largest absolute Gasteiger partial charge is 0.496 e. The summed E-state index contributed by atoms with van der Waals surface area (Å²) in [7, 11) is 1.57. The van der Waals surface area contributed by atoms with Crippen molar-refractivity contribution in [1.29, 1.82) is 5.26 Å². The minimum absolute atomic E-state index is 0.0137. The molecule has 2 aliphatic heterocycles. The van der Waals surface area contributed by atoms with E-state index in [2.05, 4.69) is 11.0 Å². The third-order valence-corrected chi connectivity index (χ3v) is 6.10. The highest BCUT2D eigenvalue weighted by molar-refractivity contribution is 5.58. The van der Waals surface area contributed by atoms with Gasteiger partial charge in [-0.2, -0.15) is 5.26 Å². The molecule has 0 amide bonds. The monoisotopic (exact) mass is 436 g/mol. The summed E-state index contributed by atoms with van der Waals surface area (Å²) >= 11 is 0. The quantitative estimate of drug-likeness (QED) is 0.740. The fraction of sp³-hybridized carbons (Fsp3) is 0.417.